The fourth-order valence-electron chi connectivity index (χ4n) is 2.11. The molecule has 2 saturated heterocycles. The zero-order chi connectivity index (χ0) is 12.0. The minimum Gasteiger partial charge on any atom is -0.394 e. The van der Waals surface area contributed by atoms with Crippen molar-refractivity contribution < 1.29 is 19.4 Å². The second-order valence-electron chi connectivity index (χ2n) is 4.16. The molecule has 0 unspecified atom stereocenters. The van der Waals surface area contributed by atoms with Crippen LogP contribution in [0.15, 0.2) is 5.38 Å². The van der Waals surface area contributed by atoms with Gasteiger partial charge in [0.25, 0.3) is 5.91 Å². The highest BCUT2D eigenvalue weighted by molar-refractivity contribution is 7.09. The third kappa shape index (κ3) is 1.95. The summed E-state index contributed by atoms with van der Waals surface area (Å²) in [5, 5.41) is 11.5. The molecule has 1 aromatic rings. The minimum absolute atomic E-state index is 0.0257. The van der Waals surface area contributed by atoms with Crippen LogP contribution in [0.25, 0.3) is 0 Å². The van der Waals surface area contributed by atoms with E-state index in [1.807, 2.05) is 0 Å². The first-order valence-corrected chi connectivity index (χ1v) is 6.23. The number of hydrogen-bond acceptors (Lipinski definition) is 6. The molecule has 0 radical (unpaired) electrons. The third-order valence-electron chi connectivity index (χ3n) is 3.00. The lowest BCUT2D eigenvalue weighted by Crippen LogP contribution is -2.24. The second kappa shape index (κ2) is 4.02. The van der Waals surface area contributed by atoms with Crippen LogP contribution in [0.1, 0.15) is 15.5 Å². The SMILES string of the molecule is NC(=O)c1csc(C[C@H]2O[C@@H](CO)[C@@H]3O[C@@H]32)n1. The van der Waals surface area contributed by atoms with E-state index in [-0.39, 0.29) is 36.7 Å². The normalized spacial score (nSPS) is 34.6. The third-order valence-corrected chi connectivity index (χ3v) is 3.87. The Morgan fingerprint density at radius 2 is 2.24 bits per heavy atom. The summed E-state index contributed by atoms with van der Waals surface area (Å²) in [6, 6.07) is 0. The Bertz CT molecular complexity index is 449. The lowest BCUT2D eigenvalue weighted by atomic mass is 10.1. The van der Waals surface area contributed by atoms with E-state index in [1.54, 1.807) is 5.38 Å². The number of fused-ring (bicyclic) bond motifs is 1. The van der Waals surface area contributed by atoms with Gasteiger partial charge in [-0.15, -0.1) is 11.3 Å². The largest absolute Gasteiger partial charge is 0.394 e. The van der Waals surface area contributed by atoms with Gasteiger partial charge in [-0.3, -0.25) is 4.79 Å². The molecule has 2 aliphatic rings. The van der Waals surface area contributed by atoms with Gasteiger partial charge < -0.3 is 20.3 Å². The number of hydrogen-bond donors (Lipinski definition) is 2. The quantitative estimate of drug-likeness (QED) is 0.695. The van der Waals surface area contributed by atoms with E-state index in [0.717, 1.165) is 5.01 Å². The lowest BCUT2D eigenvalue weighted by molar-refractivity contribution is -0.0510. The lowest BCUT2D eigenvalue weighted by Gasteiger charge is -2.14. The molecule has 3 heterocycles. The highest BCUT2D eigenvalue weighted by Crippen LogP contribution is 2.40. The highest BCUT2D eigenvalue weighted by Gasteiger charge is 2.57. The predicted molar refractivity (Wildman–Crippen MR) is 58.7 cm³/mol. The summed E-state index contributed by atoms with van der Waals surface area (Å²) in [7, 11) is 0. The van der Waals surface area contributed by atoms with Crippen LogP contribution in [0.4, 0.5) is 0 Å². The van der Waals surface area contributed by atoms with Crippen molar-refractivity contribution in [2.24, 2.45) is 5.73 Å². The molecule has 2 fully saturated rings. The molecule has 7 heteroatoms. The second-order valence-corrected chi connectivity index (χ2v) is 5.10. The van der Waals surface area contributed by atoms with Gasteiger partial charge in [-0.25, -0.2) is 4.98 Å². The molecule has 0 saturated carbocycles. The van der Waals surface area contributed by atoms with Crippen LogP contribution in [-0.2, 0) is 15.9 Å². The number of ether oxygens (including phenoxy) is 2. The van der Waals surface area contributed by atoms with Gasteiger partial charge in [0.2, 0.25) is 0 Å². The molecule has 0 spiro atoms. The Morgan fingerprint density at radius 3 is 2.82 bits per heavy atom. The van der Waals surface area contributed by atoms with Crippen molar-refractivity contribution in [3.05, 3.63) is 16.1 Å². The van der Waals surface area contributed by atoms with Gasteiger partial charge in [0.1, 0.15) is 24.0 Å². The van der Waals surface area contributed by atoms with Crippen LogP contribution in [0.2, 0.25) is 0 Å². The first-order valence-electron chi connectivity index (χ1n) is 5.35. The molecule has 4 atom stereocenters. The van der Waals surface area contributed by atoms with Gasteiger partial charge in [-0.1, -0.05) is 0 Å². The van der Waals surface area contributed by atoms with Gasteiger partial charge in [0, 0.05) is 11.8 Å². The zero-order valence-corrected chi connectivity index (χ0v) is 9.72. The van der Waals surface area contributed by atoms with E-state index in [9.17, 15) is 4.79 Å². The number of primary amides is 1. The summed E-state index contributed by atoms with van der Waals surface area (Å²) in [6.07, 6.45) is 0.383. The minimum atomic E-state index is -0.520. The maximum absolute atomic E-state index is 10.9. The van der Waals surface area contributed by atoms with Crippen molar-refractivity contribution in [1.29, 1.82) is 0 Å². The number of carbonyl (C=O) groups is 1. The average molecular weight is 256 g/mol. The summed E-state index contributed by atoms with van der Waals surface area (Å²) in [6.45, 7) is -0.0257. The van der Waals surface area contributed by atoms with Gasteiger partial charge >= 0.3 is 0 Å². The number of carbonyl (C=O) groups excluding carboxylic acids is 1. The van der Waals surface area contributed by atoms with Gasteiger partial charge in [0.05, 0.1) is 17.7 Å². The van der Waals surface area contributed by atoms with E-state index in [4.69, 9.17) is 20.3 Å². The van der Waals surface area contributed by atoms with E-state index in [0.29, 0.717) is 6.42 Å². The zero-order valence-electron chi connectivity index (χ0n) is 8.91. The Kier molecular flexibility index (Phi) is 2.62. The van der Waals surface area contributed by atoms with Crippen LogP contribution < -0.4 is 5.73 Å². The van der Waals surface area contributed by atoms with Crippen LogP contribution >= 0.6 is 11.3 Å². The number of aliphatic hydroxyl groups excluding tert-OH is 1. The van der Waals surface area contributed by atoms with Gasteiger partial charge in [-0.05, 0) is 0 Å². The molecule has 0 aliphatic carbocycles. The van der Waals surface area contributed by atoms with E-state index >= 15 is 0 Å². The summed E-state index contributed by atoms with van der Waals surface area (Å²) in [5.74, 6) is -0.520. The monoisotopic (exact) mass is 256 g/mol. The molecule has 1 aromatic heterocycles. The molecule has 3 N–H and O–H groups in total. The molecule has 6 nitrogen and oxygen atoms in total. The standard InChI is InChI=1S/C10H12N2O4S/c11-10(14)4-3-17-7(12-4)1-5-8-9(16-8)6(2-13)15-5/h3,5-6,8-9,13H,1-2H2,(H2,11,14)/t5-,6+,8-,9+/m1/s1. The number of aliphatic hydroxyl groups is 1. The Labute approximate surface area is 101 Å². The van der Waals surface area contributed by atoms with Crippen LogP contribution in [0, 0.1) is 0 Å². The van der Waals surface area contributed by atoms with Crippen molar-refractivity contribution >= 4 is 17.2 Å². The number of nitrogens with zero attached hydrogens (tertiary/aromatic N) is 1. The fourth-order valence-corrected chi connectivity index (χ4v) is 2.94. The summed E-state index contributed by atoms with van der Waals surface area (Å²) < 4.78 is 11.0. The Morgan fingerprint density at radius 1 is 1.47 bits per heavy atom. The van der Waals surface area contributed by atoms with Gasteiger partial charge in [0.15, 0.2) is 0 Å². The molecule has 3 rings (SSSR count). The number of epoxide rings is 1. The van der Waals surface area contributed by atoms with E-state index < -0.39 is 5.91 Å². The topological polar surface area (TPSA) is 98.0 Å². The first-order chi connectivity index (χ1) is 8.19. The molecular formula is C10H12N2O4S. The molecule has 17 heavy (non-hydrogen) atoms. The van der Waals surface area contributed by atoms with Crippen molar-refractivity contribution in [3.8, 4) is 0 Å². The number of nitrogens with two attached hydrogens (primary N) is 1. The predicted octanol–water partition coefficient (Wildman–Crippen LogP) is -0.688. The summed E-state index contributed by atoms with van der Waals surface area (Å²) in [5.41, 5.74) is 5.42. The van der Waals surface area contributed by atoms with Crippen molar-refractivity contribution in [2.45, 2.75) is 30.8 Å². The van der Waals surface area contributed by atoms with Crippen LogP contribution in [-0.4, -0.2) is 47.0 Å². The Hall–Kier alpha value is -1.02. The summed E-state index contributed by atoms with van der Waals surface area (Å²) >= 11 is 1.38. The van der Waals surface area contributed by atoms with Crippen molar-refractivity contribution in [2.75, 3.05) is 6.61 Å². The fraction of sp³-hybridized carbons (Fsp3) is 0.600. The molecule has 0 aromatic carbocycles. The maximum atomic E-state index is 10.9. The Balaban J connectivity index is 1.65. The van der Waals surface area contributed by atoms with E-state index in [1.165, 1.54) is 11.3 Å². The molecule has 1 amide bonds. The maximum Gasteiger partial charge on any atom is 0.268 e. The number of thiazole rings is 1. The van der Waals surface area contributed by atoms with Gasteiger partial charge in [-0.2, -0.15) is 0 Å². The summed E-state index contributed by atoms with van der Waals surface area (Å²) in [4.78, 5) is 15.0. The number of aromatic nitrogens is 1. The van der Waals surface area contributed by atoms with Crippen LogP contribution in [0.3, 0.4) is 0 Å². The first kappa shape index (κ1) is 11.1. The smallest absolute Gasteiger partial charge is 0.268 e. The number of amides is 1. The average Bonchev–Trinajstić information content (AvgIpc) is 2.82. The molecule has 0 bridgehead atoms. The molecule has 92 valence electrons. The van der Waals surface area contributed by atoms with Crippen molar-refractivity contribution in [3.63, 3.8) is 0 Å². The number of rotatable bonds is 4. The molecule has 2 aliphatic heterocycles. The van der Waals surface area contributed by atoms with Crippen molar-refractivity contribution in [1.82, 2.24) is 4.98 Å². The highest BCUT2D eigenvalue weighted by atomic mass is 32.1. The molecular weight excluding hydrogens is 244 g/mol. The van der Waals surface area contributed by atoms with E-state index in [2.05, 4.69) is 4.98 Å². The van der Waals surface area contributed by atoms with Crippen LogP contribution in [0.5, 0.6) is 0 Å².